The van der Waals surface area contributed by atoms with Crippen LogP contribution in [0.5, 0.6) is 0 Å². The molecule has 1 aromatic rings. The first-order chi connectivity index (χ1) is 11.9. The fraction of sp³-hybridized carbons (Fsp3) is 0.588. The lowest BCUT2D eigenvalue weighted by molar-refractivity contribution is -0.138. The van der Waals surface area contributed by atoms with Crippen molar-refractivity contribution >= 4 is 29.9 Å². The van der Waals surface area contributed by atoms with Crippen molar-refractivity contribution in [2.75, 3.05) is 6.54 Å². The molecular formula is C17H22F4IN3O. The van der Waals surface area contributed by atoms with Crippen LogP contribution in [0.1, 0.15) is 37.3 Å². The fourth-order valence-electron chi connectivity index (χ4n) is 3.40. The molecular weight excluding hydrogens is 465 g/mol. The smallest absolute Gasteiger partial charge is 0.373 e. The summed E-state index contributed by atoms with van der Waals surface area (Å²) >= 11 is 0. The summed E-state index contributed by atoms with van der Waals surface area (Å²) in [7, 11) is 0. The molecule has 0 spiro atoms. The maximum Gasteiger partial charge on any atom is 0.416 e. The number of nitrogens with zero attached hydrogens (tertiary/aromatic N) is 1. The monoisotopic (exact) mass is 487 g/mol. The highest BCUT2D eigenvalue weighted by atomic mass is 127. The summed E-state index contributed by atoms with van der Waals surface area (Å²) in [4.78, 5) is 4.25. The highest BCUT2D eigenvalue weighted by molar-refractivity contribution is 14.0. The van der Waals surface area contributed by atoms with Gasteiger partial charge in [-0.05, 0) is 43.9 Å². The Balaban J connectivity index is 0.00000243. The third-order valence-corrected chi connectivity index (χ3v) is 4.56. The van der Waals surface area contributed by atoms with Crippen LogP contribution in [0.3, 0.4) is 0 Å². The van der Waals surface area contributed by atoms with Crippen LogP contribution in [0.15, 0.2) is 23.2 Å². The first-order valence-corrected chi connectivity index (χ1v) is 8.42. The van der Waals surface area contributed by atoms with Gasteiger partial charge in [0.2, 0.25) is 0 Å². The fourth-order valence-corrected chi connectivity index (χ4v) is 3.40. The first-order valence-electron chi connectivity index (χ1n) is 8.42. The number of nitrogens with one attached hydrogen (secondary N) is 2. The van der Waals surface area contributed by atoms with Gasteiger partial charge in [0.25, 0.3) is 0 Å². The summed E-state index contributed by atoms with van der Waals surface area (Å²) in [5, 5.41) is 6.28. The quantitative estimate of drug-likeness (QED) is 0.294. The van der Waals surface area contributed by atoms with Crippen LogP contribution >= 0.6 is 24.0 Å². The van der Waals surface area contributed by atoms with E-state index >= 15 is 0 Å². The average Bonchev–Trinajstić information content (AvgIpc) is 3.15. The Hall–Kier alpha value is -1.10. The van der Waals surface area contributed by atoms with Crippen LogP contribution in [0.25, 0.3) is 0 Å². The van der Waals surface area contributed by atoms with E-state index < -0.39 is 17.6 Å². The lowest BCUT2D eigenvalue weighted by Crippen LogP contribution is -2.47. The Labute approximate surface area is 166 Å². The Morgan fingerprint density at radius 2 is 2.08 bits per heavy atom. The summed E-state index contributed by atoms with van der Waals surface area (Å²) in [5.74, 6) is -0.467. The molecule has 2 N–H and O–H groups in total. The predicted octanol–water partition coefficient (Wildman–Crippen LogP) is 3.84. The summed E-state index contributed by atoms with van der Waals surface area (Å²) < 4.78 is 58.1. The van der Waals surface area contributed by atoms with Gasteiger partial charge in [-0.1, -0.05) is 6.07 Å². The predicted molar refractivity (Wildman–Crippen MR) is 101 cm³/mol. The number of aliphatic imine (C=N–C) groups is 1. The molecule has 0 aromatic heterocycles. The van der Waals surface area contributed by atoms with Gasteiger partial charge in [-0.25, -0.2) is 9.38 Å². The van der Waals surface area contributed by atoms with Crippen molar-refractivity contribution in [3.8, 4) is 0 Å². The van der Waals surface area contributed by atoms with E-state index in [-0.39, 0.29) is 54.3 Å². The number of hydrogen-bond acceptors (Lipinski definition) is 2. The number of benzene rings is 1. The second kappa shape index (κ2) is 8.73. The molecule has 2 aliphatic heterocycles. The summed E-state index contributed by atoms with van der Waals surface area (Å²) in [6, 6.07) is 2.78. The Morgan fingerprint density at radius 3 is 2.65 bits per heavy atom. The lowest BCUT2D eigenvalue weighted by atomic mass is 9.96. The van der Waals surface area contributed by atoms with E-state index in [0.717, 1.165) is 31.4 Å². The maximum atomic E-state index is 13.2. The number of hydrogen-bond donors (Lipinski definition) is 2. The Kier molecular flexibility index (Phi) is 7.12. The van der Waals surface area contributed by atoms with E-state index in [1.54, 1.807) is 0 Å². The second-order valence-corrected chi connectivity index (χ2v) is 6.35. The molecule has 26 heavy (non-hydrogen) atoms. The van der Waals surface area contributed by atoms with Gasteiger partial charge >= 0.3 is 6.18 Å². The molecule has 0 aliphatic carbocycles. The minimum Gasteiger partial charge on any atom is -0.373 e. The van der Waals surface area contributed by atoms with E-state index in [2.05, 4.69) is 15.6 Å². The van der Waals surface area contributed by atoms with E-state index in [1.165, 1.54) is 0 Å². The first kappa shape index (κ1) is 21.2. The number of ether oxygens (including phenoxy) is 1. The Bertz CT molecular complexity index is 653. The van der Waals surface area contributed by atoms with Gasteiger partial charge in [-0.3, -0.25) is 0 Å². The Morgan fingerprint density at radius 1 is 1.31 bits per heavy atom. The average molecular weight is 487 g/mol. The largest absolute Gasteiger partial charge is 0.416 e. The van der Waals surface area contributed by atoms with Crippen LogP contribution in [0.2, 0.25) is 0 Å². The van der Waals surface area contributed by atoms with Crippen LogP contribution < -0.4 is 10.6 Å². The molecule has 2 bridgehead atoms. The zero-order valence-electron chi connectivity index (χ0n) is 14.3. The van der Waals surface area contributed by atoms with E-state index in [9.17, 15) is 17.6 Å². The number of guanidine groups is 1. The molecule has 0 amide bonds. The molecule has 4 nitrogen and oxygen atoms in total. The molecule has 146 valence electrons. The lowest BCUT2D eigenvalue weighted by Gasteiger charge is -2.22. The molecule has 0 saturated carbocycles. The molecule has 1 aromatic carbocycles. The summed E-state index contributed by atoms with van der Waals surface area (Å²) in [5.41, 5.74) is -1.05. The van der Waals surface area contributed by atoms with E-state index in [1.807, 2.05) is 6.92 Å². The van der Waals surface area contributed by atoms with Crippen molar-refractivity contribution in [3.05, 3.63) is 35.1 Å². The highest BCUT2D eigenvalue weighted by Crippen LogP contribution is 2.34. The zero-order valence-corrected chi connectivity index (χ0v) is 16.6. The summed E-state index contributed by atoms with van der Waals surface area (Å²) in [6.45, 7) is 2.28. The standard InChI is InChI=1S/C17H21F4N3O.HI/c1-2-22-16(24-14-8-12-5-6-15(14)25-12)23-9-10-3-4-11(18)7-13(10)17(19,20)21;/h3-4,7,12,14-15H,2,5-6,8-9H2,1H3,(H2,22,23,24);1H. The van der Waals surface area contributed by atoms with Gasteiger partial charge in [-0.15, -0.1) is 24.0 Å². The van der Waals surface area contributed by atoms with E-state index in [0.29, 0.717) is 18.6 Å². The molecule has 3 rings (SSSR count). The minimum atomic E-state index is -4.61. The SMILES string of the molecule is CCNC(=NCc1ccc(F)cc1C(F)(F)F)NC1CC2CCC1O2.I. The molecule has 2 aliphatic rings. The molecule has 9 heteroatoms. The molecule has 2 fully saturated rings. The molecule has 2 saturated heterocycles. The van der Waals surface area contributed by atoms with Crippen molar-refractivity contribution in [2.45, 2.75) is 57.2 Å². The van der Waals surface area contributed by atoms with Crippen LogP contribution in [-0.2, 0) is 17.5 Å². The highest BCUT2D eigenvalue weighted by Gasteiger charge is 2.41. The van der Waals surface area contributed by atoms with Gasteiger partial charge in [0.15, 0.2) is 5.96 Å². The van der Waals surface area contributed by atoms with Gasteiger partial charge < -0.3 is 15.4 Å². The van der Waals surface area contributed by atoms with Gasteiger partial charge in [-0.2, -0.15) is 13.2 Å². The van der Waals surface area contributed by atoms with Crippen LogP contribution in [0.4, 0.5) is 17.6 Å². The van der Waals surface area contributed by atoms with E-state index in [4.69, 9.17) is 4.74 Å². The van der Waals surface area contributed by atoms with Crippen molar-refractivity contribution in [3.63, 3.8) is 0 Å². The third-order valence-electron chi connectivity index (χ3n) is 4.56. The molecule has 3 atom stereocenters. The van der Waals surface area contributed by atoms with Gasteiger partial charge in [0.05, 0.1) is 30.4 Å². The van der Waals surface area contributed by atoms with Crippen molar-refractivity contribution < 1.29 is 22.3 Å². The molecule has 0 radical (unpaired) electrons. The third kappa shape index (κ3) is 4.99. The number of alkyl halides is 3. The second-order valence-electron chi connectivity index (χ2n) is 6.35. The summed E-state index contributed by atoms with van der Waals surface area (Å²) in [6.07, 6.45) is -1.31. The van der Waals surface area contributed by atoms with Crippen LogP contribution in [0, 0.1) is 5.82 Å². The number of halogens is 5. The van der Waals surface area contributed by atoms with Crippen molar-refractivity contribution in [1.29, 1.82) is 0 Å². The topological polar surface area (TPSA) is 45.7 Å². The van der Waals surface area contributed by atoms with Crippen molar-refractivity contribution in [2.24, 2.45) is 4.99 Å². The minimum absolute atomic E-state index is 0. The normalized spacial score (nSPS) is 25.1. The molecule has 3 unspecified atom stereocenters. The maximum absolute atomic E-state index is 13.2. The van der Waals surface area contributed by atoms with Crippen molar-refractivity contribution in [1.82, 2.24) is 10.6 Å². The van der Waals surface area contributed by atoms with Gasteiger partial charge in [0, 0.05) is 6.54 Å². The van der Waals surface area contributed by atoms with Crippen LogP contribution in [-0.4, -0.2) is 30.8 Å². The molecule has 2 heterocycles. The zero-order chi connectivity index (χ0) is 18.0. The number of rotatable bonds is 4. The van der Waals surface area contributed by atoms with Gasteiger partial charge in [0.1, 0.15) is 5.82 Å². The number of fused-ring (bicyclic) bond motifs is 2.